The average Bonchev–Trinajstić information content (AvgIpc) is 3.27. The van der Waals surface area contributed by atoms with E-state index in [1.807, 2.05) is 59.2 Å². The van der Waals surface area contributed by atoms with Crippen LogP contribution in [0.2, 0.25) is 10.0 Å². The molecule has 1 aromatic heterocycles. The van der Waals surface area contributed by atoms with E-state index in [4.69, 9.17) is 23.2 Å². The van der Waals surface area contributed by atoms with E-state index in [0.29, 0.717) is 27.3 Å². The van der Waals surface area contributed by atoms with Gasteiger partial charge in [-0.3, -0.25) is 9.36 Å². The Kier molecular flexibility index (Phi) is 9.02. The number of aromatic nitrogens is 3. The molecular formula is C24H19Cl2IN6OS. The van der Waals surface area contributed by atoms with Crippen molar-refractivity contribution < 1.29 is 4.79 Å². The zero-order chi connectivity index (χ0) is 24.6. The zero-order valence-electron chi connectivity index (χ0n) is 18.2. The number of amides is 1. The van der Waals surface area contributed by atoms with Gasteiger partial charge in [-0.25, -0.2) is 5.43 Å². The van der Waals surface area contributed by atoms with Crippen LogP contribution in [0.5, 0.6) is 0 Å². The van der Waals surface area contributed by atoms with Crippen molar-refractivity contribution in [1.82, 2.24) is 20.2 Å². The standard InChI is InChI=1S/C24H19Cl2IN6OS/c25-17-7-6-16(21(26)12-17)13-29-31-23(34)15-35-24-32-30-22(33(24)20-4-2-1-3-5-20)14-28-19-10-8-18(27)9-11-19/h1-13,28H,14-15H2,(H,31,34)/b29-13-. The van der Waals surface area contributed by atoms with Gasteiger partial charge in [0.25, 0.3) is 5.91 Å². The number of nitrogens with zero attached hydrogens (tertiary/aromatic N) is 4. The molecule has 0 aliphatic heterocycles. The number of thioether (sulfide) groups is 1. The van der Waals surface area contributed by atoms with Crippen LogP contribution in [0, 0.1) is 3.57 Å². The van der Waals surface area contributed by atoms with E-state index < -0.39 is 0 Å². The summed E-state index contributed by atoms with van der Waals surface area (Å²) in [7, 11) is 0. The molecule has 11 heteroatoms. The Morgan fingerprint density at radius 2 is 1.83 bits per heavy atom. The minimum atomic E-state index is -0.280. The van der Waals surface area contributed by atoms with E-state index in [0.717, 1.165) is 20.8 Å². The first-order valence-corrected chi connectivity index (χ1v) is 13.2. The number of hydrogen-bond acceptors (Lipinski definition) is 6. The number of benzene rings is 3. The second-order valence-corrected chi connectivity index (χ2v) is 10.2. The summed E-state index contributed by atoms with van der Waals surface area (Å²) in [4.78, 5) is 12.4. The first-order chi connectivity index (χ1) is 17.0. The number of nitrogens with one attached hydrogen (secondary N) is 2. The van der Waals surface area contributed by atoms with Crippen molar-refractivity contribution in [2.45, 2.75) is 11.7 Å². The maximum absolute atomic E-state index is 12.4. The van der Waals surface area contributed by atoms with Crippen LogP contribution in [0.1, 0.15) is 11.4 Å². The Hall–Kier alpha value is -2.60. The van der Waals surface area contributed by atoms with Crippen LogP contribution < -0.4 is 10.7 Å². The van der Waals surface area contributed by atoms with Crippen molar-refractivity contribution in [2.75, 3.05) is 11.1 Å². The van der Waals surface area contributed by atoms with Crippen LogP contribution in [0.3, 0.4) is 0 Å². The molecule has 1 heterocycles. The summed E-state index contributed by atoms with van der Waals surface area (Å²) >= 11 is 15.6. The predicted molar refractivity (Wildman–Crippen MR) is 151 cm³/mol. The van der Waals surface area contributed by atoms with Crippen LogP contribution in [-0.4, -0.2) is 32.6 Å². The lowest BCUT2D eigenvalue weighted by Gasteiger charge is -2.11. The van der Waals surface area contributed by atoms with Crippen LogP contribution in [0.15, 0.2) is 83.1 Å². The summed E-state index contributed by atoms with van der Waals surface area (Å²) in [6.45, 7) is 0.474. The molecule has 0 saturated heterocycles. The lowest BCUT2D eigenvalue weighted by Crippen LogP contribution is -2.20. The smallest absolute Gasteiger partial charge is 0.250 e. The normalized spacial score (nSPS) is 11.1. The van der Waals surface area contributed by atoms with Crippen molar-refractivity contribution in [3.05, 3.63) is 97.8 Å². The summed E-state index contributed by atoms with van der Waals surface area (Å²) in [6, 6.07) is 22.9. The molecule has 0 aliphatic rings. The minimum absolute atomic E-state index is 0.112. The third-order valence-electron chi connectivity index (χ3n) is 4.70. The monoisotopic (exact) mass is 636 g/mol. The van der Waals surface area contributed by atoms with Gasteiger partial charge in [0.2, 0.25) is 0 Å². The van der Waals surface area contributed by atoms with Crippen molar-refractivity contribution in [2.24, 2.45) is 5.10 Å². The summed E-state index contributed by atoms with van der Waals surface area (Å²) in [5, 5.41) is 17.6. The average molecular weight is 637 g/mol. The number of anilines is 1. The molecule has 0 radical (unpaired) electrons. The number of carbonyl (C=O) groups is 1. The van der Waals surface area contributed by atoms with Crippen LogP contribution in [-0.2, 0) is 11.3 Å². The second kappa shape index (κ2) is 12.4. The molecule has 0 bridgehead atoms. The summed E-state index contributed by atoms with van der Waals surface area (Å²) < 4.78 is 3.10. The Balaban J connectivity index is 1.42. The van der Waals surface area contributed by atoms with Gasteiger partial charge < -0.3 is 5.32 Å². The fourth-order valence-corrected chi connectivity index (χ4v) is 4.62. The molecule has 7 nitrogen and oxygen atoms in total. The predicted octanol–water partition coefficient (Wildman–Crippen LogP) is 6.03. The van der Waals surface area contributed by atoms with E-state index in [1.165, 1.54) is 18.0 Å². The van der Waals surface area contributed by atoms with Crippen molar-refractivity contribution in [1.29, 1.82) is 0 Å². The maximum atomic E-state index is 12.4. The lowest BCUT2D eigenvalue weighted by atomic mass is 10.2. The molecule has 0 unspecified atom stereocenters. The van der Waals surface area contributed by atoms with Gasteiger partial charge in [-0.2, -0.15) is 5.10 Å². The van der Waals surface area contributed by atoms with E-state index in [2.05, 4.69) is 48.6 Å². The SMILES string of the molecule is O=C(CSc1nnc(CNc2ccc(I)cc2)n1-c1ccccc1)N/N=C\c1ccc(Cl)cc1Cl. The lowest BCUT2D eigenvalue weighted by molar-refractivity contribution is -0.118. The summed E-state index contributed by atoms with van der Waals surface area (Å²) in [6.07, 6.45) is 1.47. The highest BCUT2D eigenvalue weighted by Crippen LogP contribution is 2.23. The molecule has 1 amide bonds. The molecule has 0 spiro atoms. The van der Waals surface area contributed by atoms with Gasteiger partial charge in [-0.05, 0) is 71.1 Å². The van der Waals surface area contributed by atoms with Crippen LogP contribution in [0.4, 0.5) is 5.69 Å². The van der Waals surface area contributed by atoms with Crippen molar-refractivity contribution in [3.8, 4) is 5.69 Å². The van der Waals surface area contributed by atoms with Crippen molar-refractivity contribution in [3.63, 3.8) is 0 Å². The first kappa shape index (κ1) is 25.5. The molecule has 3 aromatic carbocycles. The molecular weight excluding hydrogens is 618 g/mol. The summed E-state index contributed by atoms with van der Waals surface area (Å²) in [5.74, 6) is 0.562. The number of carbonyl (C=O) groups excluding carboxylic acids is 1. The van der Waals surface area contributed by atoms with E-state index in [-0.39, 0.29) is 11.7 Å². The Morgan fingerprint density at radius 1 is 1.06 bits per heavy atom. The number of rotatable bonds is 9. The van der Waals surface area contributed by atoms with Crippen LogP contribution >= 0.6 is 57.6 Å². The fourth-order valence-electron chi connectivity index (χ4n) is 3.04. The molecule has 0 fully saturated rings. The molecule has 0 aliphatic carbocycles. The van der Waals surface area contributed by atoms with Gasteiger partial charge in [0.05, 0.1) is 23.5 Å². The highest BCUT2D eigenvalue weighted by molar-refractivity contribution is 14.1. The third-order valence-corrected chi connectivity index (χ3v) is 6.91. The molecule has 4 aromatic rings. The molecule has 4 rings (SSSR count). The quantitative estimate of drug-likeness (QED) is 0.101. The molecule has 0 atom stereocenters. The van der Waals surface area contributed by atoms with Crippen molar-refractivity contribution >= 4 is 75.4 Å². The molecule has 0 saturated carbocycles. The van der Waals surface area contributed by atoms with E-state index in [9.17, 15) is 4.79 Å². The fraction of sp³-hybridized carbons (Fsp3) is 0.0833. The topological polar surface area (TPSA) is 84.2 Å². The second-order valence-electron chi connectivity index (χ2n) is 7.18. The first-order valence-electron chi connectivity index (χ1n) is 10.4. The van der Waals surface area contributed by atoms with Gasteiger partial charge in [0.1, 0.15) is 0 Å². The van der Waals surface area contributed by atoms with E-state index in [1.54, 1.807) is 18.2 Å². The van der Waals surface area contributed by atoms with Gasteiger partial charge in [-0.15, -0.1) is 10.2 Å². The van der Waals surface area contributed by atoms with Gasteiger partial charge >= 0.3 is 0 Å². The third kappa shape index (κ3) is 7.20. The number of halogens is 3. The van der Waals surface area contributed by atoms with Gasteiger partial charge in [0, 0.05) is 25.5 Å². The van der Waals surface area contributed by atoms with Crippen LogP contribution in [0.25, 0.3) is 5.69 Å². The molecule has 35 heavy (non-hydrogen) atoms. The Morgan fingerprint density at radius 3 is 2.57 bits per heavy atom. The molecule has 2 N–H and O–H groups in total. The number of hydrogen-bond donors (Lipinski definition) is 2. The number of para-hydroxylation sites is 1. The Labute approximate surface area is 230 Å². The van der Waals surface area contributed by atoms with Gasteiger partial charge in [-0.1, -0.05) is 59.2 Å². The summed E-state index contributed by atoms with van der Waals surface area (Å²) in [5.41, 5.74) is 5.06. The highest BCUT2D eigenvalue weighted by atomic mass is 127. The van der Waals surface area contributed by atoms with Gasteiger partial charge in [0.15, 0.2) is 11.0 Å². The molecule has 178 valence electrons. The zero-order valence-corrected chi connectivity index (χ0v) is 22.6. The Bertz CT molecular complexity index is 1330. The van der Waals surface area contributed by atoms with E-state index >= 15 is 0 Å². The number of hydrazone groups is 1. The maximum Gasteiger partial charge on any atom is 0.250 e. The minimum Gasteiger partial charge on any atom is -0.378 e. The highest BCUT2D eigenvalue weighted by Gasteiger charge is 2.16. The largest absolute Gasteiger partial charge is 0.378 e.